The van der Waals surface area contributed by atoms with Gasteiger partial charge in [-0.2, -0.15) is 0 Å². The van der Waals surface area contributed by atoms with Gasteiger partial charge in [-0.25, -0.2) is 0 Å². The lowest BCUT2D eigenvalue weighted by Gasteiger charge is -2.60. The molecule has 0 radical (unpaired) electrons. The molecule has 4 unspecified atom stereocenters. The lowest BCUT2D eigenvalue weighted by molar-refractivity contribution is -0.109. The minimum Gasteiger partial charge on any atom is -0.303 e. The molecule has 2 heteroatoms. The van der Waals surface area contributed by atoms with Gasteiger partial charge in [-0.1, -0.05) is 26.7 Å². The molecular formula is C23H39OP. The Balaban J connectivity index is 1.47. The first-order valence-electron chi connectivity index (χ1n) is 11.2. The fourth-order valence-electron chi connectivity index (χ4n) is 8.18. The highest BCUT2D eigenvalue weighted by molar-refractivity contribution is 7.38. The molecule has 0 bridgehead atoms. The van der Waals surface area contributed by atoms with E-state index in [1.807, 2.05) is 0 Å². The van der Waals surface area contributed by atoms with Gasteiger partial charge in [-0.15, -0.1) is 8.58 Å². The summed E-state index contributed by atoms with van der Waals surface area (Å²) in [6.07, 6.45) is 19.6. The summed E-state index contributed by atoms with van der Waals surface area (Å²) >= 11 is 0. The van der Waals surface area contributed by atoms with Crippen LogP contribution in [0.1, 0.15) is 84.5 Å². The van der Waals surface area contributed by atoms with Gasteiger partial charge in [0.15, 0.2) is 0 Å². The highest BCUT2D eigenvalue weighted by Gasteiger charge is 2.59. The van der Waals surface area contributed by atoms with Crippen molar-refractivity contribution in [2.45, 2.75) is 84.5 Å². The molecule has 1 nitrogen and oxygen atoms in total. The standard InChI is InChI=1S/C23H39OP/c1-22-12-4-3-6-17(22)7-9-19-20-10-8-18(16-25-15-5-14-24)23(20,2)13-11-21(19)22/h14,17-21,25H,3-13,15-16H2,1-2H3/t17-,18+,19?,20?,21?,22-,23+/m0/s1. The van der Waals surface area contributed by atoms with E-state index in [4.69, 9.17) is 0 Å². The third kappa shape index (κ3) is 3.05. The van der Waals surface area contributed by atoms with E-state index in [0.717, 1.165) is 57.0 Å². The molecule has 4 fully saturated rings. The Morgan fingerprint density at radius 1 is 0.920 bits per heavy atom. The Morgan fingerprint density at radius 2 is 1.76 bits per heavy atom. The van der Waals surface area contributed by atoms with Crippen LogP contribution in [0, 0.1) is 40.4 Å². The Morgan fingerprint density at radius 3 is 2.60 bits per heavy atom. The normalized spacial score (nSPS) is 49.6. The molecule has 4 saturated carbocycles. The molecule has 4 aliphatic carbocycles. The van der Waals surface area contributed by atoms with Crippen molar-refractivity contribution in [1.29, 1.82) is 0 Å². The molecule has 25 heavy (non-hydrogen) atoms. The zero-order valence-electron chi connectivity index (χ0n) is 16.6. The molecule has 0 N–H and O–H groups in total. The molecule has 4 aliphatic rings. The van der Waals surface area contributed by atoms with Crippen LogP contribution in [0.15, 0.2) is 0 Å². The first-order chi connectivity index (χ1) is 12.1. The van der Waals surface area contributed by atoms with Crippen molar-refractivity contribution in [2.75, 3.05) is 12.3 Å². The Labute approximate surface area is 157 Å². The van der Waals surface area contributed by atoms with Crippen molar-refractivity contribution in [2.24, 2.45) is 40.4 Å². The maximum atomic E-state index is 10.6. The average Bonchev–Trinajstić information content (AvgIpc) is 2.95. The highest BCUT2D eigenvalue weighted by Crippen LogP contribution is 2.67. The van der Waals surface area contributed by atoms with E-state index >= 15 is 0 Å². The first-order valence-corrected chi connectivity index (χ1v) is 12.7. The average molecular weight is 363 g/mol. The van der Waals surface area contributed by atoms with Gasteiger partial charge in [0.1, 0.15) is 6.29 Å². The lowest BCUT2D eigenvalue weighted by atomic mass is 9.45. The molecule has 0 aromatic rings. The molecule has 0 spiro atoms. The Hall–Kier alpha value is 0.100. The summed E-state index contributed by atoms with van der Waals surface area (Å²) in [5.41, 5.74) is 1.32. The number of rotatable bonds is 5. The summed E-state index contributed by atoms with van der Waals surface area (Å²) in [6.45, 7) is 5.37. The molecule has 8 atom stereocenters. The minimum atomic E-state index is 0.632. The second kappa shape index (κ2) is 7.26. The van der Waals surface area contributed by atoms with Gasteiger partial charge in [-0.3, -0.25) is 0 Å². The van der Waals surface area contributed by atoms with E-state index in [0.29, 0.717) is 10.8 Å². The first kappa shape index (κ1) is 18.5. The number of fused-ring (bicyclic) bond motifs is 5. The molecule has 0 heterocycles. The topological polar surface area (TPSA) is 17.1 Å². The van der Waals surface area contributed by atoms with Crippen molar-refractivity contribution >= 4 is 14.9 Å². The van der Waals surface area contributed by atoms with E-state index in [2.05, 4.69) is 13.8 Å². The Bertz CT molecular complexity index is 490. The van der Waals surface area contributed by atoms with Crippen LogP contribution in [0.2, 0.25) is 0 Å². The van der Waals surface area contributed by atoms with Crippen molar-refractivity contribution in [1.82, 2.24) is 0 Å². The van der Waals surface area contributed by atoms with Crippen LogP contribution >= 0.6 is 8.58 Å². The van der Waals surface area contributed by atoms with Crippen molar-refractivity contribution in [3.05, 3.63) is 0 Å². The van der Waals surface area contributed by atoms with E-state index in [-0.39, 0.29) is 0 Å². The van der Waals surface area contributed by atoms with Crippen molar-refractivity contribution in [3.63, 3.8) is 0 Å². The molecule has 4 rings (SSSR count). The number of hydrogen-bond donors (Lipinski definition) is 0. The second-order valence-electron chi connectivity index (χ2n) is 10.4. The summed E-state index contributed by atoms with van der Waals surface area (Å²) < 4.78 is 0. The van der Waals surface area contributed by atoms with Gasteiger partial charge in [-0.05, 0) is 104 Å². The van der Waals surface area contributed by atoms with Crippen molar-refractivity contribution < 1.29 is 4.79 Å². The van der Waals surface area contributed by atoms with Crippen LogP contribution in [-0.2, 0) is 4.79 Å². The molecule has 0 aromatic carbocycles. The number of carbonyl (C=O) groups is 1. The number of hydrogen-bond acceptors (Lipinski definition) is 1. The molecule has 0 aliphatic heterocycles. The van der Waals surface area contributed by atoms with Crippen LogP contribution in [-0.4, -0.2) is 18.6 Å². The summed E-state index contributed by atoms with van der Waals surface area (Å²) in [4.78, 5) is 10.6. The van der Waals surface area contributed by atoms with E-state index in [1.54, 1.807) is 6.42 Å². The largest absolute Gasteiger partial charge is 0.303 e. The van der Waals surface area contributed by atoms with E-state index in [9.17, 15) is 4.79 Å². The van der Waals surface area contributed by atoms with Gasteiger partial charge < -0.3 is 4.79 Å². The third-order valence-electron chi connectivity index (χ3n) is 9.61. The maximum absolute atomic E-state index is 10.6. The molecular weight excluding hydrogens is 323 g/mol. The zero-order valence-corrected chi connectivity index (χ0v) is 17.6. The predicted octanol–water partition coefficient (Wildman–Crippen LogP) is 6.30. The summed E-state index contributed by atoms with van der Waals surface area (Å²) in [6, 6.07) is 0. The Kier molecular flexibility index (Phi) is 5.36. The van der Waals surface area contributed by atoms with Crippen LogP contribution in [0.25, 0.3) is 0 Å². The zero-order chi connectivity index (χ0) is 17.5. The van der Waals surface area contributed by atoms with Crippen LogP contribution in [0.3, 0.4) is 0 Å². The number of carbonyl (C=O) groups excluding carboxylic acids is 1. The lowest BCUT2D eigenvalue weighted by Crippen LogP contribution is -2.52. The molecule has 0 amide bonds. The summed E-state index contributed by atoms with van der Waals surface area (Å²) in [5.74, 6) is 5.11. The molecule has 0 saturated heterocycles. The van der Waals surface area contributed by atoms with E-state index in [1.165, 1.54) is 63.9 Å². The van der Waals surface area contributed by atoms with Gasteiger partial charge in [0.05, 0.1) is 0 Å². The SMILES string of the molecule is C[C@]12CCC3C(CC[C@@H]4CCCC[C@]34C)C1CC[C@@H]2CPCCC=O. The highest BCUT2D eigenvalue weighted by atomic mass is 31.1. The van der Waals surface area contributed by atoms with Crippen LogP contribution < -0.4 is 0 Å². The van der Waals surface area contributed by atoms with Crippen LogP contribution in [0.4, 0.5) is 0 Å². The monoisotopic (exact) mass is 362 g/mol. The van der Waals surface area contributed by atoms with Gasteiger partial charge in [0.2, 0.25) is 0 Å². The summed E-state index contributed by atoms with van der Waals surface area (Å²) in [5, 5.41) is 0. The predicted molar refractivity (Wildman–Crippen MR) is 109 cm³/mol. The maximum Gasteiger partial charge on any atom is 0.120 e. The smallest absolute Gasteiger partial charge is 0.120 e. The van der Waals surface area contributed by atoms with E-state index < -0.39 is 0 Å². The van der Waals surface area contributed by atoms with Gasteiger partial charge >= 0.3 is 0 Å². The molecule has 0 aromatic heterocycles. The summed E-state index contributed by atoms with van der Waals surface area (Å²) in [7, 11) is 1.02. The quantitative estimate of drug-likeness (QED) is 0.318. The van der Waals surface area contributed by atoms with Crippen LogP contribution in [0.5, 0.6) is 0 Å². The van der Waals surface area contributed by atoms with Gasteiger partial charge in [0.25, 0.3) is 0 Å². The third-order valence-corrected chi connectivity index (χ3v) is 11.0. The fourth-order valence-corrected chi connectivity index (χ4v) is 9.72. The van der Waals surface area contributed by atoms with Gasteiger partial charge in [0, 0.05) is 6.42 Å². The van der Waals surface area contributed by atoms with Crippen molar-refractivity contribution in [3.8, 4) is 0 Å². The fraction of sp³-hybridized carbons (Fsp3) is 0.957. The number of aldehydes is 1. The minimum absolute atomic E-state index is 0.632. The second-order valence-corrected chi connectivity index (χ2v) is 11.8. The molecule has 142 valence electrons.